The van der Waals surface area contributed by atoms with Crippen molar-refractivity contribution < 1.29 is 0 Å². The molecule has 1 saturated heterocycles. The Morgan fingerprint density at radius 2 is 1.91 bits per heavy atom. The highest BCUT2D eigenvalue weighted by molar-refractivity contribution is 5.76. The topological polar surface area (TPSA) is 21.1 Å². The molecule has 2 aliphatic rings. The van der Waals surface area contributed by atoms with Crippen LogP contribution < -0.4 is 0 Å². The van der Waals surface area contributed by atoms with Gasteiger partial charge in [0.2, 0.25) is 0 Å². The van der Waals surface area contributed by atoms with E-state index >= 15 is 0 Å². The summed E-state index contributed by atoms with van der Waals surface area (Å²) in [5.74, 6) is 1.89. The molecule has 1 atom stereocenters. The number of imidazole rings is 1. The Bertz CT molecular complexity index is 664. The monoisotopic (exact) mass is 295 g/mol. The van der Waals surface area contributed by atoms with E-state index < -0.39 is 0 Å². The van der Waals surface area contributed by atoms with Crippen molar-refractivity contribution in [2.45, 2.75) is 51.1 Å². The largest absolute Gasteiger partial charge is 0.314 e. The van der Waals surface area contributed by atoms with E-state index in [2.05, 4.69) is 45.9 Å². The van der Waals surface area contributed by atoms with Gasteiger partial charge in [-0.05, 0) is 57.3 Å². The highest BCUT2D eigenvalue weighted by Gasteiger charge is 2.22. The molecule has 0 saturated carbocycles. The molecule has 2 heterocycles. The first-order valence-corrected chi connectivity index (χ1v) is 8.74. The fraction of sp³-hybridized carbons (Fsp3) is 0.526. The van der Waals surface area contributed by atoms with Crippen molar-refractivity contribution in [3.05, 3.63) is 42.2 Å². The third-order valence-corrected chi connectivity index (χ3v) is 5.11. The molecule has 1 aliphatic heterocycles. The SMILES string of the molecule is C1=CC[C@@H](c2nc3ccccc3n2CN2CCCCC2)CC1. The maximum Gasteiger partial charge on any atom is 0.114 e. The van der Waals surface area contributed by atoms with E-state index in [4.69, 9.17) is 4.98 Å². The Balaban J connectivity index is 1.70. The summed E-state index contributed by atoms with van der Waals surface area (Å²) >= 11 is 0. The smallest absolute Gasteiger partial charge is 0.114 e. The van der Waals surface area contributed by atoms with Crippen molar-refractivity contribution in [1.29, 1.82) is 0 Å². The lowest BCUT2D eigenvalue weighted by molar-refractivity contribution is 0.181. The Kier molecular flexibility index (Phi) is 3.98. The maximum absolute atomic E-state index is 5.00. The minimum absolute atomic E-state index is 0.585. The average Bonchev–Trinajstić information content (AvgIpc) is 2.95. The van der Waals surface area contributed by atoms with E-state index in [0.29, 0.717) is 5.92 Å². The number of allylic oxidation sites excluding steroid dienone is 2. The summed E-state index contributed by atoms with van der Waals surface area (Å²) in [4.78, 5) is 7.60. The van der Waals surface area contributed by atoms with Crippen molar-refractivity contribution in [1.82, 2.24) is 14.5 Å². The number of piperidine rings is 1. The summed E-state index contributed by atoms with van der Waals surface area (Å²) in [7, 11) is 0. The molecule has 4 rings (SSSR count). The zero-order chi connectivity index (χ0) is 14.8. The molecule has 0 radical (unpaired) electrons. The number of benzene rings is 1. The van der Waals surface area contributed by atoms with Crippen molar-refractivity contribution in [2.24, 2.45) is 0 Å². The summed E-state index contributed by atoms with van der Waals surface area (Å²) < 4.78 is 2.49. The molecular formula is C19H25N3. The molecule has 0 amide bonds. The molecule has 0 unspecified atom stereocenters. The fourth-order valence-electron chi connectivity index (χ4n) is 3.88. The minimum Gasteiger partial charge on any atom is -0.314 e. The van der Waals surface area contributed by atoms with Crippen LogP contribution >= 0.6 is 0 Å². The Labute approximate surface area is 132 Å². The quantitative estimate of drug-likeness (QED) is 0.787. The lowest BCUT2D eigenvalue weighted by Gasteiger charge is -2.29. The predicted octanol–water partition coefficient (Wildman–Crippen LogP) is 4.30. The van der Waals surface area contributed by atoms with Gasteiger partial charge < -0.3 is 4.57 Å². The molecule has 1 fully saturated rings. The van der Waals surface area contributed by atoms with E-state index in [1.807, 2.05) is 0 Å². The number of nitrogens with zero attached hydrogens (tertiary/aromatic N) is 3. The van der Waals surface area contributed by atoms with Crippen molar-refractivity contribution in [3.8, 4) is 0 Å². The van der Waals surface area contributed by atoms with Crippen LogP contribution in [0.1, 0.15) is 50.3 Å². The van der Waals surface area contributed by atoms with Crippen LogP contribution in [0.25, 0.3) is 11.0 Å². The van der Waals surface area contributed by atoms with Crippen LogP contribution in [-0.4, -0.2) is 27.5 Å². The van der Waals surface area contributed by atoms with Crippen molar-refractivity contribution in [2.75, 3.05) is 13.1 Å². The van der Waals surface area contributed by atoms with E-state index in [1.54, 1.807) is 0 Å². The molecular weight excluding hydrogens is 270 g/mol. The molecule has 2 aromatic rings. The second kappa shape index (κ2) is 6.25. The Morgan fingerprint density at radius 1 is 1.05 bits per heavy atom. The van der Waals surface area contributed by atoms with Crippen LogP contribution in [-0.2, 0) is 6.67 Å². The zero-order valence-corrected chi connectivity index (χ0v) is 13.2. The first-order chi connectivity index (χ1) is 10.9. The van der Waals surface area contributed by atoms with E-state index in [0.717, 1.165) is 18.6 Å². The molecule has 1 aromatic heterocycles. The van der Waals surface area contributed by atoms with Crippen LogP contribution in [0, 0.1) is 0 Å². The van der Waals surface area contributed by atoms with Gasteiger partial charge in [0.1, 0.15) is 5.82 Å². The highest BCUT2D eigenvalue weighted by Crippen LogP contribution is 2.31. The maximum atomic E-state index is 5.00. The normalized spacial score (nSPS) is 23.2. The number of aromatic nitrogens is 2. The molecule has 0 N–H and O–H groups in total. The lowest BCUT2D eigenvalue weighted by Crippen LogP contribution is -2.32. The van der Waals surface area contributed by atoms with Crippen LogP contribution in [0.3, 0.4) is 0 Å². The zero-order valence-electron chi connectivity index (χ0n) is 13.2. The van der Waals surface area contributed by atoms with Gasteiger partial charge >= 0.3 is 0 Å². The number of hydrogen-bond donors (Lipinski definition) is 0. The summed E-state index contributed by atoms with van der Waals surface area (Å²) in [5.41, 5.74) is 2.46. The number of likely N-dealkylation sites (tertiary alicyclic amines) is 1. The summed E-state index contributed by atoms with van der Waals surface area (Å²) in [6.45, 7) is 3.48. The molecule has 0 bridgehead atoms. The summed E-state index contributed by atoms with van der Waals surface area (Å²) in [6.07, 6.45) is 12.3. The van der Waals surface area contributed by atoms with E-state index in [1.165, 1.54) is 56.5 Å². The number of rotatable bonds is 3. The van der Waals surface area contributed by atoms with Gasteiger partial charge in [0, 0.05) is 5.92 Å². The van der Waals surface area contributed by atoms with Gasteiger partial charge in [0.05, 0.1) is 17.7 Å². The van der Waals surface area contributed by atoms with Gasteiger partial charge in [-0.15, -0.1) is 0 Å². The van der Waals surface area contributed by atoms with Crippen molar-refractivity contribution >= 4 is 11.0 Å². The third kappa shape index (κ3) is 2.70. The average molecular weight is 295 g/mol. The molecule has 1 aliphatic carbocycles. The van der Waals surface area contributed by atoms with Crippen LogP contribution in [0.15, 0.2) is 36.4 Å². The van der Waals surface area contributed by atoms with E-state index in [-0.39, 0.29) is 0 Å². The standard InChI is InChI=1S/C19H25N3/c1-3-9-16(10-4-1)19-20-17-11-5-6-12-18(17)22(19)15-21-13-7-2-8-14-21/h1,3,5-6,11-12,16H,2,4,7-10,13-15H2/t16-/m1/s1. The summed E-state index contributed by atoms with van der Waals surface area (Å²) in [6, 6.07) is 8.63. The molecule has 1 aromatic carbocycles. The minimum atomic E-state index is 0.585. The number of hydrogen-bond acceptors (Lipinski definition) is 2. The van der Waals surface area contributed by atoms with Crippen LogP contribution in [0.5, 0.6) is 0 Å². The molecule has 116 valence electrons. The second-order valence-corrected chi connectivity index (χ2v) is 6.69. The first kappa shape index (κ1) is 14.0. The Hall–Kier alpha value is -1.61. The van der Waals surface area contributed by atoms with Gasteiger partial charge in [-0.2, -0.15) is 0 Å². The fourth-order valence-corrected chi connectivity index (χ4v) is 3.88. The molecule has 0 spiro atoms. The van der Waals surface area contributed by atoms with Crippen LogP contribution in [0.4, 0.5) is 0 Å². The van der Waals surface area contributed by atoms with Gasteiger partial charge in [0.25, 0.3) is 0 Å². The molecule has 3 nitrogen and oxygen atoms in total. The Morgan fingerprint density at radius 3 is 2.73 bits per heavy atom. The second-order valence-electron chi connectivity index (χ2n) is 6.69. The van der Waals surface area contributed by atoms with Crippen molar-refractivity contribution in [3.63, 3.8) is 0 Å². The molecule has 22 heavy (non-hydrogen) atoms. The van der Waals surface area contributed by atoms with Gasteiger partial charge in [-0.3, -0.25) is 4.90 Å². The first-order valence-electron chi connectivity index (χ1n) is 8.74. The predicted molar refractivity (Wildman–Crippen MR) is 90.9 cm³/mol. The van der Waals surface area contributed by atoms with E-state index in [9.17, 15) is 0 Å². The van der Waals surface area contributed by atoms with Gasteiger partial charge in [-0.25, -0.2) is 4.98 Å². The molecule has 3 heteroatoms. The number of para-hydroxylation sites is 2. The third-order valence-electron chi connectivity index (χ3n) is 5.11. The summed E-state index contributed by atoms with van der Waals surface area (Å²) in [5, 5.41) is 0. The van der Waals surface area contributed by atoms with Crippen LogP contribution in [0.2, 0.25) is 0 Å². The highest BCUT2D eigenvalue weighted by atomic mass is 15.3. The van der Waals surface area contributed by atoms with Gasteiger partial charge in [0.15, 0.2) is 0 Å². The lowest BCUT2D eigenvalue weighted by atomic mass is 9.94. The van der Waals surface area contributed by atoms with Gasteiger partial charge in [-0.1, -0.05) is 30.7 Å². The number of fused-ring (bicyclic) bond motifs is 1.